The number of guanidine groups is 1. The Kier molecular flexibility index (Phi) is 7.66. The van der Waals surface area contributed by atoms with Crippen LogP contribution >= 0.6 is 24.0 Å². The normalized spacial score (nSPS) is 11.0. The van der Waals surface area contributed by atoms with Crippen LogP contribution in [0, 0.1) is 0 Å². The molecule has 0 radical (unpaired) electrons. The van der Waals surface area contributed by atoms with Gasteiger partial charge in [0.15, 0.2) is 5.96 Å². The number of halogens is 1. The minimum Gasteiger partial charge on any atom is -0.356 e. The lowest BCUT2D eigenvalue weighted by molar-refractivity contribution is 0.796. The first-order valence-corrected chi connectivity index (χ1v) is 8.18. The Balaban J connectivity index is 0.00000225. The molecule has 2 N–H and O–H groups in total. The molecule has 0 bridgehead atoms. The molecule has 0 saturated carbocycles. The van der Waals surface area contributed by atoms with Crippen molar-refractivity contribution in [2.75, 3.05) is 13.6 Å². The number of para-hydroxylation sites is 1. The van der Waals surface area contributed by atoms with Gasteiger partial charge < -0.3 is 10.6 Å². The molecule has 25 heavy (non-hydrogen) atoms. The van der Waals surface area contributed by atoms with E-state index in [1.165, 1.54) is 16.5 Å². The number of benzene rings is 2. The second-order valence-electron chi connectivity index (χ2n) is 5.58. The average molecular weight is 446 g/mol. The molecule has 0 aliphatic carbocycles. The summed E-state index contributed by atoms with van der Waals surface area (Å²) in [6.45, 7) is 1.57. The van der Waals surface area contributed by atoms with Gasteiger partial charge in [0.25, 0.3) is 0 Å². The van der Waals surface area contributed by atoms with Gasteiger partial charge in [-0.05, 0) is 23.6 Å². The summed E-state index contributed by atoms with van der Waals surface area (Å²) in [5.74, 6) is 0.812. The van der Waals surface area contributed by atoms with E-state index in [-0.39, 0.29) is 24.0 Å². The molecule has 4 nitrogen and oxygen atoms in total. The summed E-state index contributed by atoms with van der Waals surface area (Å²) in [4.78, 5) is 8.78. The van der Waals surface area contributed by atoms with Crippen LogP contribution in [0.15, 0.2) is 71.9 Å². The summed E-state index contributed by atoms with van der Waals surface area (Å²) in [5, 5.41) is 7.88. The summed E-state index contributed by atoms with van der Waals surface area (Å²) in [6, 6.07) is 20.7. The van der Waals surface area contributed by atoms with Crippen molar-refractivity contribution in [3.8, 4) is 0 Å². The Hall–Kier alpha value is -2.15. The van der Waals surface area contributed by atoms with Gasteiger partial charge in [-0.2, -0.15) is 0 Å². The Labute approximate surface area is 165 Å². The zero-order valence-electron chi connectivity index (χ0n) is 14.3. The van der Waals surface area contributed by atoms with Crippen molar-refractivity contribution < 1.29 is 0 Å². The lowest BCUT2D eigenvalue weighted by Crippen LogP contribution is -2.37. The van der Waals surface area contributed by atoms with E-state index in [0.717, 1.165) is 31.0 Å². The fourth-order valence-electron chi connectivity index (χ4n) is 2.69. The molecule has 0 atom stereocenters. The maximum Gasteiger partial charge on any atom is 0.191 e. The lowest BCUT2D eigenvalue weighted by Gasteiger charge is -2.12. The van der Waals surface area contributed by atoms with E-state index in [0.29, 0.717) is 0 Å². The monoisotopic (exact) mass is 446 g/mol. The van der Waals surface area contributed by atoms with E-state index < -0.39 is 0 Å². The summed E-state index contributed by atoms with van der Waals surface area (Å²) in [6.07, 6.45) is 2.75. The van der Waals surface area contributed by atoms with Gasteiger partial charge >= 0.3 is 0 Å². The Morgan fingerprint density at radius 3 is 2.56 bits per heavy atom. The van der Waals surface area contributed by atoms with Gasteiger partial charge in [0.05, 0.1) is 5.52 Å². The third-order valence-corrected chi connectivity index (χ3v) is 3.93. The molecule has 130 valence electrons. The van der Waals surface area contributed by atoms with Crippen LogP contribution < -0.4 is 10.6 Å². The zero-order valence-corrected chi connectivity index (χ0v) is 16.6. The second-order valence-corrected chi connectivity index (χ2v) is 5.58. The molecule has 0 aliphatic rings. The number of aromatic nitrogens is 1. The van der Waals surface area contributed by atoms with Gasteiger partial charge in [-0.3, -0.25) is 9.98 Å². The van der Waals surface area contributed by atoms with Gasteiger partial charge in [-0.15, -0.1) is 24.0 Å². The van der Waals surface area contributed by atoms with Crippen LogP contribution in [-0.4, -0.2) is 24.5 Å². The molecule has 0 unspecified atom stereocenters. The van der Waals surface area contributed by atoms with Gasteiger partial charge in [0, 0.05) is 31.7 Å². The van der Waals surface area contributed by atoms with Crippen molar-refractivity contribution >= 4 is 40.8 Å². The lowest BCUT2D eigenvalue weighted by atomic mass is 10.1. The highest BCUT2D eigenvalue weighted by Gasteiger charge is 2.03. The van der Waals surface area contributed by atoms with Gasteiger partial charge in [0.2, 0.25) is 0 Å². The van der Waals surface area contributed by atoms with Gasteiger partial charge in [-0.25, -0.2) is 0 Å². The number of rotatable bonds is 5. The van der Waals surface area contributed by atoms with E-state index in [4.69, 9.17) is 0 Å². The fourth-order valence-corrected chi connectivity index (χ4v) is 2.69. The summed E-state index contributed by atoms with van der Waals surface area (Å²) >= 11 is 0. The molecule has 3 aromatic rings. The molecule has 3 rings (SSSR count). The highest BCUT2D eigenvalue weighted by atomic mass is 127. The third-order valence-electron chi connectivity index (χ3n) is 3.93. The largest absolute Gasteiger partial charge is 0.356 e. The van der Waals surface area contributed by atoms with Crippen molar-refractivity contribution in [2.24, 2.45) is 4.99 Å². The van der Waals surface area contributed by atoms with Crippen LogP contribution in [0.2, 0.25) is 0 Å². The maximum absolute atomic E-state index is 4.50. The molecular weight excluding hydrogens is 423 g/mol. The van der Waals surface area contributed by atoms with E-state index in [2.05, 4.69) is 57.0 Å². The van der Waals surface area contributed by atoms with Crippen LogP contribution in [0.3, 0.4) is 0 Å². The van der Waals surface area contributed by atoms with Crippen LogP contribution in [0.5, 0.6) is 0 Å². The SMILES string of the molecule is CN=C(NCCc1cccc2cccnc12)NCc1ccccc1.I. The molecule has 0 spiro atoms. The topological polar surface area (TPSA) is 49.3 Å². The zero-order chi connectivity index (χ0) is 16.6. The van der Waals surface area contributed by atoms with Crippen LogP contribution in [-0.2, 0) is 13.0 Å². The highest BCUT2D eigenvalue weighted by molar-refractivity contribution is 14.0. The summed E-state index contributed by atoms with van der Waals surface area (Å²) < 4.78 is 0. The first kappa shape index (κ1) is 19.2. The molecule has 1 heterocycles. The predicted molar refractivity (Wildman–Crippen MR) is 116 cm³/mol. The molecular formula is C20H23IN4. The molecule has 0 saturated heterocycles. The molecule has 0 aliphatic heterocycles. The van der Waals surface area contributed by atoms with E-state index in [1.54, 1.807) is 7.05 Å². The van der Waals surface area contributed by atoms with Gasteiger partial charge in [-0.1, -0.05) is 54.6 Å². The second kappa shape index (κ2) is 9.98. The van der Waals surface area contributed by atoms with Crippen LogP contribution in [0.4, 0.5) is 0 Å². The summed E-state index contributed by atoms with van der Waals surface area (Å²) in [7, 11) is 1.79. The number of hydrogen-bond donors (Lipinski definition) is 2. The number of pyridine rings is 1. The minimum atomic E-state index is 0. The molecule has 0 fully saturated rings. The first-order chi connectivity index (χ1) is 11.9. The maximum atomic E-state index is 4.50. The number of aliphatic imine (C=N–C) groups is 1. The van der Waals surface area contributed by atoms with Crippen LogP contribution in [0.25, 0.3) is 10.9 Å². The Bertz CT molecular complexity index is 813. The van der Waals surface area contributed by atoms with Crippen molar-refractivity contribution in [2.45, 2.75) is 13.0 Å². The number of nitrogens with zero attached hydrogens (tertiary/aromatic N) is 2. The van der Waals surface area contributed by atoms with E-state index in [9.17, 15) is 0 Å². The molecule has 2 aromatic carbocycles. The van der Waals surface area contributed by atoms with Crippen molar-refractivity contribution in [3.63, 3.8) is 0 Å². The summed E-state index contributed by atoms with van der Waals surface area (Å²) in [5.41, 5.74) is 3.56. The average Bonchev–Trinajstić information content (AvgIpc) is 2.65. The number of hydrogen-bond acceptors (Lipinski definition) is 2. The predicted octanol–water partition coefficient (Wildman–Crippen LogP) is 3.76. The molecule has 1 aromatic heterocycles. The van der Waals surface area contributed by atoms with E-state index >= 15 is 0 Å². The Morgan fingerprint density at radius 2 is 1.76 bits per heavy atom. The van der Waals surface area contributed by atoms with Crippen LogP contribution in [0.1, 0.15) is 11.1 Å². The fraction of sp³-hybridized carbons (Fsp3) is 0.200. The van der Waals surface area contributed by atoms with Crippen molar-refractivity contribution in [3.05, 3.63) is 78.0 Å². The standard InChI is InChI=1S/C20H22N4.HI/c1-21-20(24-15-16-7-3-2-4-8-16)23-14-12-18-10-5-9-17-11-6-13-22-19(17)18;/h2-11,13H,12,14-15H2,1H3,(H2,21,23,24);1H. The number of fused-ring (bicyclic) bond motifs is 1. The third kappa shape index (κ3) is 5.42. The quantitative estimate of drug-likeness (QED) is 0.357. The molecule has 5 heteroatoms. The highest BCUT2D eigenvalue weighted by Crippen LogP contribution is 2.15. The van der Waals surface area contributed by atoms with E-state index in [1.807, 2.05) is 30.5 Å². The smallest absolute Gasteiger partial charge is 0.191 e. The number of nitrogens with one attached hydrogen (secondary N) is 2. The van der Waals surface area contributed by atoms with Gasteiger partial charge in [0.1, 0.15) is 0 Å². The minimum absolute atomic E-state index is 0. The Morgan fingerprint density at radius 1 is 0.960 bits per heavy atom. The first-order valence-electron chi connectivity index (χ1n) is 8.18. The molecule has 0 amide bonds. The van der Waals surface area contributed by atoms with Crippen molar-refractivity contribution in [1.82, 2.24) is 15.6 Å². The van der Waals surface area contributed by atoms with Crippen molar-refractivity contribution in [1.29, 1.82) is 0 Å².